The maximum atomic E-state index is 13.8. The smallest absolute Gasteiger partial charge is 0.264 e. The molecule has 3 rings (SSSR count). The van der Waals surface area contributed by atoms with Crippen LogP contribution in [0.5, 0.6) is 5.75 Å². The highest BCUT2D eigenvalue weighted by Gasteiger charge is 2.32. The van der Waals surface area contributed by atoms with Crippen molar-refractivity contribution in [1.29, 1.82) is 0 Å². The molecule has 0 saturated carbocycles. The second-order valence-electron chi connectivity index (χ2n) is 9.01. The third kappa shape index (κ3) is 7.26. The number of methoxy groups -OCH3 is 1. The Morgan fingerprint density at radius 2 is 1.61 bits per heavy atom. The lowest BCUT2D eigenvalue weighted by Crippen LogP contribution is -2.52. The van der Waals surface area contributed by atoms with Crippen molar-refractivity contribution in [2.75, 3.05) is 18.0 Å². The van der Waals surface area contributed by atoms with Crippen molar-refractivity contribution in [3.05, 3.63) is 89.4 Å². The summed E-state index contributed by atoms with van der Waals surface area (Å²) in [5.74, 6) is -0.458. The number of ether oxygens (including phenoxy) is 1. The zero-order chi connectivity index (χ0) is 27.9. The molecule has 0 aliphatic carbocycles. The molecular weight excluding hydrogens is 526 g/mol. The van der Waals surface area contributed by atoms with Gasteiger partial charge in [0.25, 0.3) is 10.0 Å². The summed E-state index contributed by atoms with van der Waals surface area (Å²) in [4.78, 5) is 28.2. The monoisotopic (exact) mass is 557 g/mol. The van der Waals surface area contributed by atoms with E-state index in [0.717, 1.165) is 9.87 Å². The SMILES string of the molecule is COc1cccc(N(CC(=O)N(Cc2ccc(Cl)cc2)[C@H](C)C(=O)NC(C)C)S(=O)(=O)c2ccccc2)c1. The molecule has 1 atom stereocenters. The third-order valence-electron chi connectivity index (χ3n) is 5.82. The van der Waals surface area contributed by atoms with E-state index in [-0.39, 0.29) is 29.1 Å². The van der Waals surface area contributed by atoms with Crippen LogP contribution in [0.1, 0.15) is 26.3 Å². The number of carbonyl (C=O) groups excluding carboxylic acids is 2. The molecule has 1 N–H and O–H groups in total. The molecule has 202 valence electrons. The van der Waals surface area contributed by atoms with E-state index in [9.17, 15) is 18.0 Å². The van der Waals surface area contributed by atoms with Gasteiger partial charge in [0.1, 0.15) is 18.3 Å². The van der Waals surface area contributed by atoms with Gasteiger partial charge in [-0.25, -0.2) is 8.42 Å². The number of hydrogen-bond donors (Lipinski definition) is 1. The first-order valence-electron chi connectivity index (χ1n) is 12.1. The summed E-state index contributed by atoms with van der Waals surface area (Å²) in [6.45, 7) is 4.82. The molecule has 0 unspecified atom stereocenters. The molecule has 0 aliphatic rings. The number of carbonyl (C=O) groups is 2. The van der Waals surface area contributed by atoms with Crippen LogP contribution in [0.25, 0.3) is 0 Å². The zero-order valence-electron chi connectivity index (χ0n) is 21.8. The summed E-state index contributed by atoms with van der Waals surface area (Å²) in [6, 6.07) is 20.3. The Morgan fingerprint density at radius 1 is 0.947 bits per heavy atom. The van der Waals surface area contributed by atoms with Crippen LogP contribution in [0, 0.1) is 0 Å². The van der Waals surface area contributed by atoms with Crippen LogP contribution in [0.3, 0.4) is 0 Å². The number of hydrogen-bond acceptors (Lipinski definition) is 5. The molecule has 8 nitrogen and oxygen atoms in total. The number of sulfonamides is 1. The predicted molar refractivity (Wildman–Crippen MR) is 149 cm³/mol. The average molecular weight is 558 g/mol. The Hall–Kier alpha value is -3.56. The van der Waals surface area contributed by atoms with E-state index in [1.165, 1.54) is 24.1 Å². The fourth-order valence-electron chi connectivity index (χ4n) is 3.79. The lowest BCUT2D eigenvalue weighted by Gasteiger charge is -2.32. The molecule has 0 bridgehead atoms. The summed E-state index contributed by atoms with van der Waals surface area (Å²) in [5, 5.41) is 3.36. The van der Waals surface area contributed by atoms with Gasteiger partial charge in [0.2, 0.25) is 11.8 Å². The first-order chi connectivity index (χ1) is 18.0. The van der Waals surface area contributed by atoms with Crippen LogP contribution >= 0.6 is 11.6 Å². The lowest BCUT2D eigenvalue weighted by atomic mass is 10.1. The number of rotatable bonds is 11. The quantitative estimate of drug-likeness (QED) is 0.375. The minimum absolute atomic E-state index is 0.0328. The van der Waals surface area contributed by atoms with E-state index >= 15 is 0 Å². The summed E-state index contributed by atoms with van der Waals surface area (Å²) in [5.41, 5.74) is 0.998. The number of nitrogens with zero attached hydrogens (tertiary/aromatic N) is 2. The number of nitrogens with one attached hydrogen (secondary N) is 1. The fraction of sp³-hybridized carbons (Fsp3) is 0.286. The molecule has 0 radical (unpaired) electrons. The third-order valence-corrected chi connectivity index (χ3v) is 7.86. The Labute approximate surface area is 229 Å². The molecule has 0 saturated heterocycles. The van der Waals surface area contributed by atoms with Gasteiger partial charge in [-0.2, -0.15) is 0 Å². The first-order valence-corrected chi connectivity index (χ1v) is 13.9. The molecule has 10 heteroatoms. The highest BCUT2D eigenvalue weighted by molar-refractivity contribution is 7.92. The predicted octanol–water partition coefficient (Wildman–Crippen LogP) is 4.49. The number of amides is 2. The minimum atomic E-state index is -4.14. The van der Waals surface area contributed by atoms with Crippen molar-refractivity contribution < 1.29 is 22.7 Å². The highest BCUT2D eigenvalue weighted by Crippen LogP contribution is 2.27. The Bertz CT molecular complexity index is 1350. The maximum absolute atomic E-state index is 13.8. The van der Waals surface area contributed by atoms with Gasteiger partial charge in [-0.1, -0.05) is 48.0 Å². The van der Waals surface area contributed by atoms with Gasteiger partial charge in [-0.15, -0.1) is 0 Å². The molecule has 0 heterocycles. The van der Waals surface area contributed by atoms with Gasteiger partial charge >= 0.3 is 0 Å². The molecule has 2 amide bonds. The van der Waals surface area contributed by atoms with Crippen molar-refractivity contribution >= 4 is 39.1 Å². The fourth-order valence-corrected chi connectivity index (χ4v) is 5.34. The van der Waals surface area contributed by atoms with Gasteiger partial charge < -0.3 is 15.0 Å². The molecule has 0 spiro atoms. The van der Waals surface area contributed by atoms with Crippen LogP contribution < -0.4 is 14.4 Å². The van der Waals surface area contributed by atoms with Crippen molar-refractivity contribution in [1.82, 2.24) is 10.2 Å². The molecule has 0 aliphatic heterocycles. The number of anilines is 1. The van der Waals surface area contributed by atoms with Crippen molar-refractivity contribution in [2.24, 2.45) is 0 Å². The van der Waals surface area contributed by atoms with Crippen LogP contribution in [0.15, 0.2) is 83.8 Å². The summed E-state index contributed by atoms with van der Waals surface area (Å²) in [6.07, 6.45) is 0. The second kappa shape index (κ2) is 12.8. The van der Waals surface area contributed by atoms with Gasteiger partial charge in [0, 0.05) is 23.7 Å². The topological polar surface area (TPSA) is 96.0 Å². The molecule has 0 fully saturated rings. The molecule has 3 aromatic rings. The van der Waals surface area contributed by atoms with E-state index in [1.807, 2.05) is 13.8 Å². The number of halogens is 1. The second-order valence-corrected chi connectivity index (χ2v) is 11.3. The lowest BCUT2D eigenvalue weighted by molar-refractivity contribution is -0.139. The van der Waals surface area contributed by atoms with E-state index in [4.69, 9.17) is 16.3 Å². The van der Waals surface area contributed by atoms with Gasteiger partial charge in [-0.3, -0.25) is 13.9 Å². The molecular formula is C28H32ClN3O5S. The van der Waals surface area contributed by atoms with E-state index in [2.05, 4.69) is 5.32 Å². The number of benzene rings is 3. The van der Waals surface area contributed by atoms with Gasteiger partial charge in [0.05, 0.1) is 17.7 Å². The molecule has 38 heavy (non-hydrogen) atoms. The first kappa shape index (κ1) is 29.0. The summed E-state index contributed by atoms with van der Waals surface area (Å²) < 4.78 is 33.8. The largest absolute Gasteiger partial charge is 0.497 e. The summed E-state index contributed by atoms with van der Waals surface area (Å²) in [7, 11) is -2.66. The summed E-state index contributed by atoms with van der Waals surface area (Å²) >= 11 is 6.02. The Balaban J connectivity index is 2.03. The van der Waals surface area contributed by atoms with Crippen molar-refractivity contribution in [3.8, 4) is 5.75 Å². The van der Waals surface area contributed by atoms with E-state index in [1.54, 1.807) is 73.7 Å². The van der Waals surface area contributed by atoms with Crippen molar-refractivity contribution in [3.63, 3.8) is 0 Å². The van der Waals surface area contributed by atoms with Crippen LogP contribution in [0.2, 0.25) is 5.02 Å². The van der Waals surface area contributed by atoms with E-state index < -0.39 is 28.5 Å². The Morgan fingerprint density at radius 3 is 2.21 bits per heavy atom. The molecule has 0 aromatic heterocycles. The van der Waals surface area contributed by atoms with Crippen LogP contribution in [-0.4, -0.2) is 50.9 Å². The van der Waals surface area contributed by atoms with E-state index in [0.29, 0.717) is 10.8 Å². The van der Waals surface area contributed by atoms with Crippen molar-refractivity contribution in [2.45, 2.75) is 44.3 Å². The normalized spacial score (nSPS) is 12.1. The minimum Gasteiger partial charge on any atom is -0.497 e. The average Bonchev–Trinajstić information content (AvgIpc) is 2.90. The van der Waals surface area contributed by atoms with Gasteiger partial charge in [-0.05, 0) is 62.7 Å². The molecule has 3 aromatic carbocycles. The van der Waals surface area contributed by atoms with Gasteiger partial charge in [0.15, 0.2) is 0 Å². The Kier molecular flexibility index (Phi) is 9.77. The zero-order valence-corrected chi connectivity index (χ0v) is 23.4. The maximum Gasteiger partial charge on any atom is 0.264 e. The van der Waals surface area contributed by atoms with Crippen LogP contribution in [0.4, 0.5) is 5.69 Å². The standard InChI is InChI=1S/C28H32ClN3O5S/c1-20(2)30-28(34)21(3)31(18-22-13-15-23(29)16-14-22)27(33)19-32(24-9-8-10-25(17-24)37-4)38(35,36)26-11-6-5-7-12-26/h5-17,20-21H,18-19H2,1-4H3,(H,30,34)/t21-/m1/s1. The van der Waals surface area contributed by atoms with Crippen LogP contribution in [-0.2, 0) is 26.2 Å². The highest BCUT2D eigenvalue weighted by atomic mass is 35.5.